The first-order valence-electron chi connectivity index (χ1n) is 10.3. The zero-order valence-electron chi connectivity index (χ0n) is 16.1. The molecule has 2 aliphatic heterocycles. The zero-order chi connectivity index (χ0) is 17.9. The molecule has 0 atom stereocenters. The van der Waals surface area contributed by atoms with Gasteiger partial charge in [0.15, 0.2) is 5.96 Å². The van der Waals surface area contributed by atoms with Gasteiger partial charge in [-0.3, -0.25) is 4.99 Å². The molecular formula is C21H33N3OS. The molecule has 26 heavy (non-hydrogen) atoms. The summed E-state index contributed by atoms with van der Waals surface area (Å²) < 4.78 is 5.60. The molecule has 0 aromatic carbocycles. The SMILES string of the molecule is CN=C(NCC1(c2cccs2)CCCCC1)N1CCC2(CCOCC2)C1. The molecule has 4 nitrogen and oxygen atoms in total. The van der Waals surface area contributed by atoms with E-state index in [0.29, 0.717) is 10.8 Å². The molecule has 0 bridgehead atoms. The zero-order valence-corrected chi connectivity index (χ0v) is 17.0. The minimum atomic E-state index is 0.304. The number of likely N-dealkylation sites (tertiary alicyclic amines) is 1. The Morgan fingerprint density at radius 3 is 2.69 bits per heavy atom. The van der Waals surface area contributed by atoms with Crippen molar-refractivity contribution in [2.24, 2.45) is 10.4 Å². The van der Waals surface area contributed by atoms with Crippen LogP contribution in [0.5, 0.6) is 0 Å². The van der Waals surface area contributed by atoms with E-state index in [2.05, 4.69) is 32.7 Å². The molecule has 144 valence electrons. The van der Waals surface area contributed by atoms with E-state index in [1.807, 2.05) is 18.4 Å². The summed E-state index contributed by atoms with van der Waals surface area (Å²) in [6, 6.07) is 4.55. The molecule has 1 N–H and O–H groups in total. The average Bonchev–Trinajstić information content (AvgIpc) is 3.35. The Kier molecular flexibility index (Phi) is 5.55. The van der Waals surface area contributed by atoms with Crippen LogP contribution in [-0.2, 0) is 10.2 Å². The molecule has 3 aliphatic rings. The van der Waals surface area contributed by atoms with E-state index in [9.17, 15) is 0 Å². The topological polar surface area (TPSA) is 36.9 Å². The lowest BCUT2D eigenvalue weighted by Crippen LogP contribution is -2.48. The number of nitrogens with zero attached hydrogens (tertiary/aromatic N) is 2. The molecular weight excluding hydrogens is 342 g/mol. The minimum absolute atomic E-state index is 0.304. The Balaban J connectivity index is 1.42. The second-order valence-corrected chi connectivity index (χ2v) is 9.45. The summed E-state index contributed by atoms with van der Waals surface area (Å²) in [6.07, 6.45) is 10.4. The van der Waals surface area contributed by atoms with E-state index in [-0.39, 0.29) is 0 Å². The van der Waals surface area contributed by atoms with Crippen molar-refractivity contribution in [3.63, 3.8) is 0 Å². The summed E-state index contributed by atoms with van der Waals surface area (Å²) in [4.78, 5) is 8.70. The lowest BCUT2D eigenvalue weighted by Gasteiger charge is -2.38. The van der Waals surface area contributed by atoms with E-state index in [1.165, 1.54) is 51.4 Å². The maximum Gasteiger partial charge on any atom is 0.193 e. The molecule has 3 fully saturated rings. The van der Waals surface area contributed by atoms with Crippen LogP contribution in [0.15, 0.2) is 22.5 Å². The van der Waals surface area contributed by atoms with Crippen LogP contribution in [0.4, 0.5) is 0 Å². The number of hydrogen-bond acceptors (Lipinski definition) is 3. The van der Waals surface area contributed by atoms with E-state index in [4.69, 9.17) is 4.74 Å². The maximum absolute atomic E-state index is 5.60. The summed E-state index contributed by atoms with van der Waals surface area (Å²) in [5.41, 5.74) is 0.768. The second-order valence-electron chi connectivity index (χ2n) is 8.50. The number of thiophene rings is 1. The van der Waals surface area contributed by atoms with Crippen molar-refractivity contribution in [1.29, 1.82) is 0 Å². The first kappa shape index (κ1) is 18.3. The summed E-state index contributed by atoms with van der Waals surface area (Å²) in [5, 5.41) is 6.02. The molecule has 1 saturated carbocycles. The molecule has 1 spiro atoms. The van der Waals surface area contributed by atoms with E-state index in [0.717, 1.165) is 38.8 Å². The molecule has 4 rings (SSSR count). The Morgan fingerprint density at radius 1 is 1.19 bits per heavy atom. The predicted molar refractivity (Wildman–Crippen MR) is 109 cm³/mol. The Bertz CT molecular complexity index is 601. The average molecular weight is 376 g/mol. The Hall–Kier alpha value is -1.07. The number of nitrogens with one attached hydrogen (secondary N) is 1. The normalized spacial score (nSPS) is 25.6. The fourth-order valence-electron chi connectivity index (χ4n) is 5.23. The lowest BCUT2D eigenvalue weighted by molar-refractivity contribution is 0.0217. The van der Waals surface area contributed by atoms with Gasteiger partial charge in [0, 0.05) is 50.2 Å². The van der Waals surface area contributed by atoms with Gasteiger partial charge in [-0.05, 0) is 49.0 Å². The van der Waals surface area contributed by atoms with Crippen molar-refractivity contribution in [2.45, 2.75) is 56.8 Å². The Morgan fingerprint density at radius 2 is 2.00 bits per heavy atom. The van der Waals surface area contributed by atoms with Crippen LogP contribution in [0.3, 0.4) is 0 Å². The number of aliphatic imine (C=N–C) groups is 1. The number of rotatable bonds is 3. The minimum Gasteiger partial charge on any atom is -0.381 e. The Labute approximate surface area is 162 Å². The molecule has 0 unspecified atom stereocenters. The van der Waals surface area contributed by atoms with Crippen molar-refractivity contribution in [2.75, 3.05) is 39.9 Å². The van der Waals surface area contributed by atoms with Crippen molar-refractivity contribution < 1.29 is 4.74 Å². The highest BCUT2D eigenvalue weighted by Gasteiger charge is 2.41. The molecule has 2 saturated heterocycles. The first-order valence-corrected chi connectivity index (χ1v) is 11.2. The third-order valence-corrected chi connectivity index (χ3v) is 8.06. The third-order valence-electron chi connectivity index (χ3n) is 6.94. The second kappa shape index (κ2) is 7.89. The van der Waals surface area contributed by atoms with E-state index >= 15 is 0 Å². The van der Waals surface area contributed by atoms with Gasteiger partial charge in [-0.25, -0.2) is 0 Å². The molecule has 1 aliphatic carbocycles. The first-order chi connectivity index (χ1) is 12.8. The van der Waals surface area contributed by atoms with Gasteiger partial charge in [-0.1, -0.05) is 25.3 Å². The molecule has 5 heteroatoms. The van der Waals surface area contributed by atoms with Gasteiger partial charge in [0.2, 0.25) is 0 Å². The van der Waals surface area contributed by atoms with Crippen molar-refractivity contribution in [1.82, 2.24) is 10.2 Å². The van der Waals surface area contributed by atoms with E-state index in [1.54, 1.807) is 4.88 Å². The van der Waals surface area contributed by atoms with Crippen molar-refractivity contribution >= 4 is 17.3 Å². The standard InChI is InChI=1S/C21H33N3OS/c1-22-19(24-12-9-20(17-24)10-13-25-14-11-20)23-16-21(7-3-2-4-8-21)18-6-5-15-26-18/h5-6,15H,2-4,7-14,16-17H2,1H3,(H,22,23). The predicted octanol–water partition coefficient (Wildman–Crippen LogP) is 4.03. The summed E-state index contributed by atoms with van der Waals surface area (Å²) in [5.74, 6) is 1.11. The summed E-state index contributed by atoms with van der Waals surface area (Å²) in [6.45, 7) is 5.16. The molecule has 1 aromatic heterocycles. The van der Waals surface area contributed by atoms with Gasteiger partial charge >= 0.3 is 0 Å². The van der Waals surface area contributed by atoms with Gasteiger partial charge in [-0.15, -0.1) is 11.3 Å². The number of hydrogen-bond donors (Lipinski definition) is 1. The largest absolute Gasteiger partial charge is 0.381 e. The van der Waals surface area contributed by atoms with Crippen LogP contribution in [0.25, 0.3) is 0 Å². The van der Waals surface area contributed by atoms with Crippen LogP contribution in [0.1, 0.15) is 56.2 Å². The molecule has 3 heterocycles. The van der Waals surface area contributed by atoms with Crippen molar-refractivity contribution in [3.05, 3.63) is 22.4 Å². The van der Waals surface area contributed by atoms with Crippen LogP contribution in [-0.4, -0.2) is 50.8 Å². The smallest absolute Gasteiger partial charge is 0.193 e. The van der Waals surface area contributed by atoms with Crippen LogP contribution < -0.4 is 5.32 Å². The highest BCUT2D eigenvalue weighted by molar-refractivity contribution is 7.10. The highest BCUT2D eigenvalue weighted by Crippen LogP contribution is 2.42. The van der Waals surface area contributed by atoms with Gasteiger partial charge < -0.3 is 15.0 Å². The lowest BCUT2D eigenvalue weighted by atomic mass is 9.73. The maximum atomic E-state index is 5.60. The summed E-state index contributed by atoms with van der Waals surface area (Å²) in [7, 11) is 1.94. The quantitative estimate of drug-likeness (QED) is 0.640. The number of guanidine groups is 1. The van der Waals surface area contributed by atoms with Gasteiger partial charge in [0.1, 0.15) is 0 Å². The summed E-state index contributed by atoms with van der Waals surface area (Å²) >= 11 is 1.93. The highest BCUT2D eigenvalue weighted by atomic mass is 32.1. The number of ether oxygens (including phenoxy) is 1. The fraction of sp³-hybridized carbons (Fsp3) is 0.762. The van der Waals surface area contributed by atoms with Crippen LogP contribution in [0.2, 0.25) is 0 Å². The molecule has 0 radical (unpaired) electrons. The van der Waals surface area contributed by atoms with Crippen LogP contribution in [0, 0.1) is 5.41 Å². The van der Waals surface area contributed by atoms with Crippen molar-refractivity contribution in [3.8, 4) is 0 Å². The van der Waals surface area contributed by atoms with Gasteiger partial charge in [0.05, 0.1) is 0 Å². The van der Waals surface area contributed by atoms with E-state index < -0.39 is 0 Å². The van der Waals surface area contributed by atoms with Crippen LogP contribution >= 0.6 is 11.3 Å². The molecule has 0 amide bonds. The van der Waals surface area contributed by atoms with Gasteiger partial charge in [-0.2, -0.15) is 0 Å². The third kappa shape index (κ3) is 3.65. The van der Waals surface area contributed by atoms with Gasteiger partial charge in [0.25, 0.3) is 0 Å². The monoisotopic (exact) mass is 375 g/mol. The fourth-order valence-corrected chi connectivity index (χ4v) is 6.22. The molecule has 1 aromatic rings.